The number of carbonyl (C=O) groups is 1. The molecule has 0 aliphatic rings. The molecule has 0 aromatic heterocycles. The predicted octanol–water partition coefficient (Wildman–Crippen LogP) is 1.14. The third kappa shape index (κ3) is 8.43. The van der Waals surface area contributed by atoms with Crippen molar-refractivity contribution in [3.63, 3.8) is 0 Å². The first-order chi connectivity index (χ1) is 4.81. The van der Waals surface area contributed by atoms with Gasteiger partial charge in [-0.2, -0.15) is 0 Å². The normalized spacial score (nSPS) is 8.55. The maximum atomic E-state index is 10.5. The molecule has 0 saturated carbocycles. The summed E-state index contributed by atoms with van der Waals surface area (Å²) in [4.78, 5) is 10.5. The van der Waals surface area contributed by atoms with Crippen LogP contribution in [0, 0.1) is 7.11 Å². The molecule has 62 valence electrons. The molecule has 0 bridgehead atoms. The molecule has 3 nitrogen and oxygen atoms in total. The summed E-state index contributed by atoms with van der Waals surface area (Å²) in [7, 11) is 3.05. The molecule has 0 aliphatic heterocycles. The molecule has 0 radical (unpaired) electrons. The standard InChI is InChI=1S/C7H13O3.Rf/c1-3-4-5-10-7(8)6-9-2;/h2-6H2,1H3;/q-1;. The van der Waals surface area contributed by atoms with E-state index in [0.717, 1.165) is 12.8 Å². The summed E-state index contributed by atoms with van der Waals surface area (Å²) in [6.45, 7) is 2.47. The third-order valence-electron chi connectivity index (χ3n) is 0.981. The number of unbranched alkanes of at least 4 members (excludes halogenated alkanes) is 1. The predicted molar refractivity (Wildman–Crippen MR) is 37.2 cm³/mol. The Kier molecular flexibility index (Phi) is 9.30. The monoisotopic (exact) mass is 412 g/mol. The van der Waals surface area contributed by atoms with Crippen LogP contribution in [0.1, 0.15) is 19.8 Å². The molecule has 0 aromatic carbocycles. The van der Waals surface area contributed by atoms with E-state index >= 15 is 0 Å². The number of carbonyl (C=O) groups excluding carboxylic acids is 1. The zero-order valence-corrected chi connectivity index (χ0v) is 13.4. The maximum absolute atomic E-state index is 10.5. The molecule has 4 heteroatoms. The molecule has 0 amide bonds. The molecule has 0 rings (SSSR count). The van der Waals surface area contributed by atoms with E-state index in [-0.39, 0.29) is 12.6 Å². The third-order valence-corrected chi connectivity index (χ3v) is 0.981. The Morgan fingerprint density at radius 2 is 2.18 bits per heavy atom. The van der Waals surface area contributed by atoms with Crippen molar-refractivity contribution in [3.8, 4) is 0 Å². The van der Waals surface area contributed by atoms with Gasteiger partial charge in [-0.15, -0.1) is 0 Å². The zero-order chi connectivity index (χ0) is 7.82. The Balaban J connectivity index is 0. The molecule has 11 heavy (non-hydrogen) atoms. The summed E-state index contributed by atoms with van der Waals surface area (Å²) in [5.41, 5.74) is 0. The van der Waals surface area contributed by atoms with Gasteiger partial charge in [-0.05, 0) is 6.42 Å². The Bertz CT molecular complexity index is 95.7. The van der Waals surface area contributed by atoms with E-state index in [1.165, 1.54) is 0 Å². The van der Waals surface area contributed by atoms with Crippen LogP contribution in [0.3, 0.4) is 0 Å². The first-order valence-corrected chi connectivity index (χ1v) is 3.33. The Labute approximate surface area is 61.3 Å². The minimum atomic E-state index is -0.344. The second-order valence-electron chi connectivity index (χ2n) is 1.92. The number of ether oxygens (including phenoxy) is 2. The van der Waals surface area contributed by atoms with Gasteiger partial charge in [0.1, 0.15) is 6.61 Å². The fraction of sp³-hybridized carbons (Fsp3) is 0.714. The van der Waals surface area contributed by atoms with Crippen molar-refractivity contribution in [2.45, 2.75) is 19.8 Å². The fourth-order valence-electron chi connectivity index (χ4n) is 0.455. The van der Waals surface area contributed by atoms with Crippen LogP contribution in [-0.4, -0.2) is 19.2 Å². The molecule has 0 unspecified atom stereocenters. The number of hydrogen-bond acceptors (Lipinski definition) is 3. The minimum Gasteiger partial charge on any atom is -0.547 e. The SMILES string of the molecule is [CH2-]OCC(=O)OCCCC.[Rf]. The van der Waals surface area contributed by atoms with Gasteiger partial charge in [-0.25, -0.2) is 11.9 Å². The molecule has 0 spiro atoms. The zero-order valence-electron chi connectivity index (χ0n) is 6.97. The Hall–Kier alpha value is -1.57. The van der Waals surface area contributed by atoms with Crippen molar-refractivity contribution < 1.29 is 14.3 Å². The van der Waals surface area contributed by atoms with Crippen LogP contribution in [0.4, 0.5) is 0 Å². The van der Waals surface area contributed by atoms with Crippen molar-refractivity contribution in [1.82, 2.24) is 0 Å². The van der Waals surface area contributed by atoms with E-state index in [0.29, 0.717) is 6.61 Å². The second kappa shape index (κ2) is 8.43. The quantitative estimate of drug-likeness (QED) is 0.386. The first-order valence-electron chi connectivity index (χ1n) is 3.33. The van der Waals surface area contributed by atoms with Crippen molar-refractivity contribution in [2.75, 3.05) is 13.2 Å². The van der Waals surface area contributed by atoms with Crippen LogP contribution in [0.5, 0.6) is 0 Å². The van der Waals surface area contributed by atoms with Gasteiger partial charge in [0.15, 0.2) is 0 Å². The van der Waals surface area contributed by atoms with Gasteiger partial charge in [0.05, 0.1) is 6.61 Å². The van der Waals surface area contributed by atoms with E-state index in [1.54, 1.807) is 0 Å². The number of rotatable bonds is 5. The van der Waals surface area contributed by atoms with Gasteiger partial charge in [0.2, 0.25) is 0 Å². The topological polar surface area (TPSA) is 35.5 Å². The van der Waals surface area contributed by atoms with Crippen LogP contribution < -0.4 is 0 Å². The van der Waals surface area contributed by atoms with Crippen LogP contribution >= 0.6 is 0 Å². The van der Waals surface area contributed by atoms with Gasteiger partial charge in [0, 0.05) is 0 Å². The van der Waals surface area contributed by atoms with E-state index in [4.69, 9.17) is 4.74 Å². The smallest absolute Gasteiger partial charge is 0.329 e. The van der Waals surface area contributed by atoms with Crippen LogP contribution in [-0.2, 0) is 14.3 Å². The van der Waals surface area contributed by atoms with E-state index < -0.39 is 0 Å². The van der Waals surface area contributed by atoms with Gasteiger partial charge in [0.25, 0.3) is 0 Å². The molecule has 0 N–H and O–H groups in total. The molecule has 0 saturated heterocycles. The van der Waals surface area contributed by atoms with Crippen molar-refractivity contribution in [3.05, 3.63) is 7.11 Å². The summed E-state index contributed by atoms with van der Waals surface area (Å²) in [5, 5.41) is 0. The summed E-state index contributed by atoms with van der Waals surface area (Å²) in [6, 6.07) is 0. The second-order valence-corrected chi connectivity index (χ2v) is 1.92. The molecule has 0 aliphatic carbocycles. The van der Waals surface area contributed by atoms with Gasteiger partial charge < -0.3 is 9.47 Å². The maximum Gasteiger partial charge on any atom is 0.329 e. The van der Waals surface area contributed by atoms with Crippen LogP contribution in [0.2, 0.25) is 0 Å². The largest absolute Gasteiger partial charge is 0.547 e. The van der Waals surface area contributed by atoms with Gasteiger partial charge >= 0.3 is 5.97 Å². The number of esters is 1. The summed E-state index contributed by atoms with van der Waals surface area (Å²) >= 11 is 0. The first kappa shape index (κ1) is 12.1. The van der Waals surface area contributed by atoms with Crippen LogP contribution in [0.15, 0.2) is 0 Å². The fourth-order valence-corrected chi connectivity index (χ4v) is 0.455. The Morgan fingerprint density at radius 3 is 2.64 bits per heavy atom. The van der Waals surface area contributed by atoms with Gasteiger partial charge in [-0.1, -0.05) is 13.3 Å². The van der Waals surface area contributed by atoms with E-state index in [9.17, 15) is 4.79 Å². The van der Waals surface area contributed by atoms with E-state index in [2.05, 4.69) is 11.8 Å². The molecule has 0 heterocycles. The van der Waals surface area contributed by atoms with E-state index in [1.807, 2.05) is 6.92 Å². The summed E-state index contributed by atoms with van der Waals surface area (Å²) in [6.07, 6.45) is 1.93. The molecule has 0 atom stereocenters. The van der Waals surface area contributed by atoms with Crippen molar-refractivity contribution >= 4 is 5.97 Å². The summed E-state index contributed by atoms with van der Waals surface area (Å²) in [5.74, 6) is -0.344. The molecule has 0 fully saturated rings. The Morgan fingerprint density at radius 1 is 1.55 bits per heavy atom. The minimum absolute atomic E-state index is 0. The molecular weight excluding hydrogens is 399 g/mol. The average molecular weight is 412 g/mol. The van der Waals surface area contributed by atoms with Gasteiger partial charge in [-0.3, -0.25) is 0 Å². The molecule has 0 aromatic rings. The number of hydrogen-bond donors (Lipinski definition) is 0. The van der Waals surface area contributed by atoms with Crippen molar-refractivity contribution in [1.29, 1.82) is 0 Å². The molecular formula is C7H13O3Rf-. The summed E-state index contributed by atoms with van der Waals surface area (Å²) < 4.78 is 9.03. The average Bonchev–Trinajstić information content (AvgIpc) is 1.89. The van der Waals surface area contributed by atoms with Crippen molar-refractivity contribution in [2.24, 2.45) is 0 Å². The van der Waals surface area contributed by atoms with Crippen LogP contribution in [0.25, 0.3) is 0 Å².